The van der Waals surface area contributed by atoms with Gasteiger partial charge in [-0.1, -0.05) is 0 Å². The van der Waals surface area contributed by atoms with Crippen molar-refractivity contribution in [3.05, 3.63) is 17.4 Å². The molecule has 0 unspecified atom stereocenters. The summed E-state index contributed by atoms with van der Waals surface area (Å²) < 4.78 is 49.9. The van der Waals surface area contributed by atoms with Crippen LogP contribution in [0.4, 0.5) is 13.2 Å². The van der Waals surface area contributed by atoms with Gasteiger partial charge in [0.1, 0.15) is 17.7 Å². The number of alkyl halides is 2. The van der Waals surface area contributed by atoms with Crippen LogP contribution >= 0.6 is 0 Å². The molecule has 1 saturated carbocycles. The molecule has 1 aliphatic carbocycles. The molecule has 108 valence electrons. The van der Waals surface area contributed by atoms with Gasteiger partial charge in [0.05, 0.1) is 7.11 Å². The fourth-order valence-corrected chi connectivity index (χ4v) is 2.06. The summed E-state index contributed by atoms with van der Waals surface area (Å²) in [4.78, 5) is 3.76. The predicted octanol–water partition coefficient (Wildman–Crippen LogP) is 3.06. The zero-order chi connectivity index (χ0) is 14.8. The van der Waals surface area contributed by atoms with Gasteiger partial charge in [-0.15, -0.1) is 0 Å². The summed E-state index contributed by atoms with van der Waals surface area (Å²) in [5, 5.41) is 8.78. The normalized spacial score (nSPS) is 18.4. The van der Waals surface area contributed by atoms with E-state index >= 15 is 0 Å². The topological polar surface area (TPSA) is 55.1 Å². The highest BCUT2D eigenvalue weighted by Crippen LogP contribution is 2.35. The van der Waals surface area contributed by atoms with E-state index in [9.17, 15) is 13.2 Å². The number of rotatable bonds is 3. The van der Waals surface area contributed by atoms with Crippen molar-refractivity contribution in [2.24, 2.45) is 0 Å². The van der Waals surface area contributed by atoms with Gasteiger partial charge in [-0.25, -0.2) is 13.2 Å². The minimum absolute atomic E-state index is 0.0486. The van der Waals surface area contributed by atoms with Gasteiger partial charge in [0, 0.05) is 18.9 Å². The molecule has 1 aromatic rings. The van der Waals surface area contributed by atoms with Crippen molar-refractivity contribution in [1.82, 2.24) is 4.98 Å². The lowest BCUT2D eigenvalue weighted by Crippen LogP contribution is -2.31. The fourth-order valence-electron chi connectivity index (χ4n) is 2.06. The molecule has 7 heteroatoms. The Hall–Kier alpha value is -1.97. The Morgan fingerprint density at radius 3 is 2.55 bits per heavy atom. The van der Waals surface area contributed by atoms with E-state index in [1.54, 1.807) is 6.07 Å². The van der Waals surface area contributed by atoms with Gasteiger partial charge >= 0.3 is 0 Å². The quantitative estimate of drug-likeness (QED) is 0.857. The zero-order valence-corrected chi connectivity index (χ0v) is 10.8. The first kappa shape index (κ1) is 14.4. The third-order valence-corrected chi connectivity index (χ3v) is 3.17. The maximum absolute atomic E-state index is 13.7. The summed E-state index contributed by atoms with van der Waals surface area (Å²) in [6.45, 7) is 0. The van der Waals surface area contributed by atoms with Crippen molar-refractivity contribution in [2.45, 2.75) is 37.7 Å². The average Bonchev–Trinajstić information content (AvgIpc) is 2.42. The van der Waals surface area contributed by atoms with Gasteiger partial charge in [0.25, 0.3) is 5.88 Å². The van der Waals surface area contributed by atoms with E-state index in [-0.39, 0.29) is 43.0 Å². The summed E-state index contributed by atoms with van der Waals surface area (Å²) in [5.41, 5.74) is -0.0486. The minimum Gasteiger partial charge on any atom is -0.480 e. The summed E-state index contributed by atoms with van der Waals surface area (Å²) >= 11 is 0. The van der Waals surface area contributed by atoms with Crippen molar-refractivity contribution < 1.29 is 22.6 Å². The Morgan fingerprint density at radius 2 is 2.00 bits per heavy atom. The Kier molecular flexibility index (Phi) is 4.02. The van der Waals surface area contributed by atoms with Crippen LogP contribution in [-0.4, -0.2) is 24.1 Å². The maximum Gasteiger partial charge on any atom is 0.254 e. The first-order valence-corrected chi connectivity index (χ1v) is 6.14. The van der Waals surface area contributed by atoms with E-state index in [4.69, 9.17) is 14.7 Å². The van der Waals surface area contributed by atoms with Gasteiger partial charge in [-0.2, -0.15) is 10.2 Å². The Bertz CT molecular complexity index is 533. The van der Waals surface area contributed by atoms with Crippen molar-refractivity contribution in [3.63, 3.8) is 0 Å². The number of halogens is 3. The standard InChI is InChI=1S/C13H13F3N2O2/c1-19-11-8(7-17)6-10(14)12(18-11)20-9-2-4-13(15,16)5-3-9/h6,9H,2-5H2,1H3. The molecule has 0 N–H and O–H groups in total. The molecular formula is C13H13F3N2O2. The largest absolute Gasteiger partial charge is 0.480 e. The van der Waals surface area contributed by atoms with E-state index < -0.39 is 17.8 Å². The second-order valence-electron chi connectivity index (χ2n) is 4.62. The number of methoxy groups -OCH3 is 1. The molecule has 0 saturated heterocycles. The van der Waals surface area contributed by atoms with Crippen LogP contribution in [0.3, 0.4) is 0 Å². The number of aromatic nitrogens is 1. The number of hydrogen-bond donors (Lipinski definition) is 0. The monoisotopic (exact) mass is 286 g/mol. The smallest absolute Gasteiger partial charge is 0.254 e. The summed E-state index contributed by atoms with van der Waals surface area (Å²) in [6.07, 6.45) is -0.805. The van der Waals surface area contributed by atoms with E-state index in [1.807, 2.05) is 0 Å². The number of nitriles is 1. The molecule has 0 aromatic carbocycles. The van der Waals surface area contributed by atoms with Crippen molar-refractivity contribution in [2.75, 3.05) is 7.11 Å². The summed E-state index contributed by atoms with van der Waals surface area (Å²) in [6, 6.07) is 2.70. The van der Waals surface area contributed by atoms with Crippen LogP contribution in [0.5, 0.6) is 11.8 Å². The van der Waals surface area contributed by atoms with Gasteiger partial charge in [0.15, 0.2) is 5.82 Å². The Labute approximate surface area is 114 Å². The Morgan fingerprint density at radius 1 is 1.35 bits per heavy atom. The van der Waals surface area contributed by atoms with Crippen LogP contribution in [0, 0.1) is 17.1 Å². The van der Waals surface area contributed by atoms with Crippen LogP contribution in [0.25, 0.3) is 0 Å². The van der Waals surface area contributed by atoms with Gasteiger partial charge in [-0.3, -0.25) is 0 Å². The lowest BCUT2D eigenvalue weighted by atomic mass is 9.94. The van der Waals surface area contributed by atoms with E-state index in [0.717, 1.165) is 6.07 Å². The molecule has 1 fully saturated rings. The SMILES string of the molecule is COc1nc(OC2CCC(F)(F)CC2)c(F)cc1C#N. The van der Waals surface area contributed by atoms with Crippen LogP contribution in [0.2, 0.25) is 0 Å². The molecule has 0 radical (unpaired) electrons. The molecule has 20 heavy (non-hydrogen) atoms. The first-order chi connectivity index (χ1) is 9.45. The highest BCUT2D eigenvalue weighted by molar-refractivity contribution is 5.41. The number of ether oxygens (including phenoxy) is 2. The van der Waals surface area contributed by atoms with Crippen LogP contribution in [0.1, 0.15) is 31.2 Å². The van der Waals surface area contributed by atoms with E-state index in [1.165, 1.54) is 7.11 Å². The second kappa shape index (κ2) is 5.57. The molecular weight excluding hydrogens is 273 g/mol. The van der Waals surface area contributed by atoms with Crippen molar-refractivity contribution >= 4 is 0 Å². The third kappa shape index (κ3) is 3.13. The molecule has 1 aliphatic rings. The molecule has 2 rings (SSSR count). The number of pyridine rings is 1. The lowest BCUT2D eigenvalue weighted by molar-refractivity contribution is -0.0593. The van der Waals surface area contributed by atoms with Crippen molar-refractivity contribution in [1.29, 1.82) is 5.26 Å². The highest BCUT2D eigenvalue weighted by Gasteiger charge is 2.36. The molecule has 0 amide bonds. The summed E-state index contributed by atoms with van der Waals surface area (Å²) in [5.74, 6) is -3.85. The van der Waals surface area contributed by atoms with Crippen LogP contribution in [-0.2, 0) is 0 Å². The third-order valence-electron chi connectivity index (χ3n) is 3.17. The van der Waals surface area contributed by atoms with Crippen molar-refractivity contribution in [3.8, 4) is 17.8 Å². The zero-order valence-electron chi connectivity index (χ0n) is 10.8. The molecule has 4 nitrogen and oxygen atoms in total. The van der Waals surface area contributed by atoms with Gasteiger partial charge < -0.3 is 9.47 Å². The molecule has 0 spiro atoms. The molecule has 0 bridgehead atoms. The number of nitrogens with zero attached hydrogens (tertiary/aromatic N) is 2. The second-order valence-corrected chi connectivity index (χ2v) is 4.62. The number of hydrogen-bond acceptors (Lipinski definition) is 4. The predicted molar refractivity (Wildman–Crippen MR) is 63.3 cm³/mol. The average molecular weight is 286 g/mol. The first-order valence-electron chi connectivity index (χ1n) is 6.14. The van der Waals surface area contributed by atoms with Gasteiger partial charge in [-0.05, 0) is 12.8 Å². The van der Waals surface area contributed by atoms with E-state index in [0.29, 0.717) is 0 Å². The highest BCUT2D eigenvalue weighted by atomic mass is 19.3. The van der Waals surface area contributed by atoms with Gasteiger partial charge in [0.2, 0.25) is 11.8 Å². The molecule has 1 aromatic heterocycles. The van der Waals surface area contributed by atoms with E-state index in [2.05, 4.69) is 4.98 Å². The lowest BCUT2D eigenvalue weighted by Gasteiger charge is -2.28. The molecule has 1 heterocycles. The minimum atomic E-state index is -2.67. The molecule has 0 aliphatic heterocycles. The summed E-state index contributed by atoms with van der Waals surface area (Å²) in [7, 11) is 1.30. The fraction of sp³-hybridized carbons (Fsp3) is 0.538. The Balaban J connectivity index is 2.12. The van der Waals surface area contributed by atoms with Crippen LogP contribution < -0.4 is 9.47 Å². The van der Waals surface area contributed by atoms with Crippen LogP contribution in [0.15, 0.2) is 6.07 Å². The molecule has 0 atom stereocenters. The maximum atomic E-state index is 13.7.